The summed E-state index contributed by atoms with van der Waals surface area (Å²) in [6.07, 6.45) is 3.05. The average molecular weight is 284 g/mol. The Morgan fingerprint density at radius 1 is 1.05 bits per heavy atom. The zero-order chi connectivity index (χ0) is 15.2. The maximum Gasteiger partial charge on any atom is 0.201 e. The highest BCUT2D eigenvalue weighted by atomic mass is 16.5. The van der Waals surface area contributed by atoms with Crippen LogP contribution in [0.3, 0.4) is 0 Å². The van der Waals surface area contributed by atoms with E-state index in [2.05, 4.69) is 0 Å². The fourth-order valence-electron chi connectivity index (χ4n) is 1.94. The summed E-state index contributed by atoms with van der Waals surface area (Å²) in [6.45, 7) is 0. The first kappa shape index (κ1) is 14.7. The largest absolute Gasteiger partial charge is 0.502 e. The molecule has 0 fully saturated rings. The Hall–Kier alpha value is -2.75. The van der Waals surface area contributed by atoms with Gasteiger partial charge in [0, 0.05) is 11.1 Å². The van der Waals surface area contributed by atoms with Gasteiger partial charge in [-0.25, -0.2) is 0 Å². The van der Waals surface area contributed by atoms with Crippen molar-refractivity contribution in [2.24, 2.45) is 0 Å². The zero-order valence-electron chi connectivity index (χ0n) is 11.9. The molecule has 0 radical (unpaired) electrons. The second-order valence-electron chi connectivity index (χ2n) is 4.30. The van der Waals surface area contributed by atoms with E-state index in [-0.39, 0.29) is 17.3 Å². The van der Waals surface area contributed by atoms with Crippen LogP contribution in [0.15, 0.2) is 48.5 Å². The number of ketones is 1. The van der Waals surface area contributed by atoms with E-state index in [4.69, 9.17) is 9.47 Å². The van der Waals surface area contributed by atoms with E-state index in [1.807, 2.05) is 6.07 Å². The first-order valence-corrected chi connectivity index (χ1v) is 6.38. The highest BCUT2D eigenvalue weighted by molar-refractivity contribution is 6.06. The third-order valence-electron chi connectivity index (χ3n) is 3.02. The molecule has 2 aromatic carbocycles. The van der Waals surface area contributed by atoms with Gasteiger partial charge in [-0.15, -0.1) is 0 Å². The van der Waals surface area contributed by atoms with E-state index in [1.54, 1.807) is 42.5 Å². The van der Waals surface area contributed by atoms with E-state index < -0.39 is 0 Å². The van der Waals surface area contributed by atoms with Crippen molar-refractivity contribution < 1.29 is 19.4 Å². The predicted octanol–water partition coefficient (Wildman–Crippen LogP) is 3.31. The summed E-state index contributed by atoms with van der Waals surface area (Å²) in [5, 5.41) is 9.98. The van der Waals surface area contributed by atoms with Gasteiger partial charge < -0.3 is 14.6 Å². The number of rotatable bonds is 5. The summed E-state index contributed by atoms with van der Waals surface area (Å²) in [5.74, 6) is 0.382. The van der Waals surface area contributed by atoms with Gasteiger partial charge in [0.15, 0.2) is 17.3 Å². The van der Waals surface area contributed by atoms with Crippen LogP contribution in [0, 0.1) is 0 Å². The molecule has 0 bridgehead atoms. The van der Waals surface area contributed by atoms with Gasteiger partial charge >= 0.3 is 0 Å². The van der Waals surface area contributed by atoms with Crippen LogP contribution < -0.4 is 9.47 Å². The highest BCUT2D eigenvalue weighted by Crippen LogP contribution is 2.39. The van der Waals surface area contributed by atoms with Crippen LogP contribution in [-0.4, -0.2) is 25.1 Å². The minimum absolute atomic E-state index is 0.0886. The molecule has 4 nitrogen and oxygen atoms in total. The molecule has 0 aliphatic carbocycles. The van der Waals surface area contributed by atoms with Gasteiger partial charge in [0.25, 0.3) is 0 Å². The smallest absolute Gasteiger partial charge is 0.201 e. The number of hydrogen-bond acceptors (Lipinski definition) is 4. The Kier molecular flexibility index (Phi) is 4.61. The number of phenolic OH excluding ortho intramolecular Hbond substituents is 1. The number of aromatic hydroxyl groups is 1. The van der Waals surface area contributed by atoms with Crippen molar-refractivity contribution in [1.82, 2.24) is 0 Å². The molecule has 0 unspecified atom stereocenters. The van der Waals surface area contributed by atoms with Crippen LogP contribution in [0.1, 0.15) is 15.9 Å². The van der Waals surface area contributed by atoms with E-state index in [1.165, 1.54) is 20.3 Å². The van der Waals surface area contributed by atoms with Gasteiger partial charge in [0.2, 0.25) is 5.75 Å². The van der Waals surface area contributed by atoms with Crippen molar-refractivity contribution in [1.29, 1.82) is 0 Å². The number of methoxy groups -OCH3 is 2. The third kappa shape index (κ3) is 3.23. The Balaban J connectivity index is 2.29. The monoisotopic (exact) mass is 284 g/mol. The van der Waals surface area contributed by atoms with E-state index in [9.17, 15) is 9.90 Å². The number of ether oxygens (including phenoxy) is 2. The summed E-state index contributed by atoms with van der Waals surface area (Å²) >= 11 is 0. The van der Waals surface area contributed by atoms with Gasteiger partial charge in [-0.1, -0.05) is 30.3 Å². The number of carbonyl (C=O) groups excluding carboxylic acids is 1. The number of phenols is 1. The normalized spacial score (nSPS) is 10.6. The van der Waals surface area contributed by atoms with Crippen LogP contribution in [0.5, 0.6) is 17.2 Å². The van der Waals surface area contributed by atoms with Crippen molar-refractivity contribution in [2.75, 3.05) is 14.2 Å². The first-order chi connectivity index (χ1) is 10.2. The van der Waals surface area contributed by atoms with Crippen molar-refractivity contribution in [3.05, 3.63) is 59.7 Å². The maximum atomic E-state index is 12.0. The Labute approximate surface area is 123 Å². The van der Waals surface area contributed by atoms with E-state index in [0.717, 1.165) is 0 Å². The molecule has 0 atom stereocenters. The lowest BCUT2D eigenvalue weighted by Crippen LogP contribution is -1.94. The molecule has 4 heteroatoms. The summed E-state index contributed by atoms with van der Waals surface area (Å²) < 4.78 is 10.2. The topological polar surface area (TPSA) is 55.8 Å². The molecule has 0 aromatic heterocycles. The molecule has 108 valence electrons. The van der Waals surface area contributed by atoms with Gasteiger partial charge in [-0.05, 0) is 24.3 Å². The summed E-state index contributed by atoms with van der Waals surface area (Å²) in [6, 6.07) is 12.3. The van der Waals surface area contributed by atoms with Crippen LogP contribution >= 0.6 is 0 Å². The average Bonchev–Trinajstić information content (AvgIpc) is 2.53. The maximum absolute atomic E-state index is 12.0. The van der Waals surface area contributed by atoms with Crippen molar-refractivity contribution in [3.8, 4) is 17.2 Å². The minimum atomic E-state index is -0.118. The van der Waals surface area contributed by atoms with Gasteiger partial charge in [-0.2, -0.15) is 0 Å². The van der Waals surface area contributed by atoms with Crippen molar-refractivity contribution in [2.45, 2.75) is 0 Å². The van der Waals surface area contributed by atoms with E-state index in [0.29, 0.717) is 16.9 Å². The number of carbonyl (C=O) groups is 1. The molecule has 0 heterocycles. The lowest BCUT2D eigenvalue weighted by atomic mass is 10.1. The van der Waals surface area contributed by atoms with Crippen molar-refractivity contribution >= 4 is 11.9 Å². The number of allylic oxidation sites excluding steroid dienone is 1. The standard InChI is InChI=1S/C17H16O4/c1-20-15-11-9-13(17(21-2)16(15)19)8-10-14(18)12-6-4-3-5-7-12/h3-11,19H,1-2H3. The Morgan fingerprint density at radius 2 is 1.76 bits per heavy atom. The van der Waals surface area contributed by atoms with E-state index >= 15 is 0 Å². The molecule has 2 rings (SSSR count). The molecule has 2 aromatic rings. The molecule has 1 N–H and O–H groups in total. The number of benzene rings is 2. The Bertz CT molecular complexity index is 660. The molecule has 0 aliphatic heterocycles. The van der Waals surface area contributed by atoms with Crippen LogP contribution in [0.25, 0.3) is 6.08 Å². The molecule has 21 heavy (non-hydrogen) atoms. The molecular formula is C17H16O4. The lowest BCUT2D eigenvalue weighted by molar-refractivity contribution is 0.104. The summed E-state index contributed by atoms with van der Waals surface area (Å²) in [5.41, 5.74) is 1.20. The summed E-state index contributed by atoms with van der Waals surface area (Å²) in [7, 11) is 2.91. The predicted molar refractivity (Wildman–Crippen MR) is 81.0 cm³/mol. The molecule has 0 saturated heterocycles. The van der Waals surface area contributed by atoms with Crippen LogP contribution in [0.4, 0.5) is 0 Å². The zero-order valence-corrected chi connectivity index (χ0v) is 11.9. The Morgan fingerprint density at radius 3 is 2.38 bits per heavy atom. The van der Waals surface area contributed by atoms with Crippen molar-refractivity contribution in [3.63, 3.8) is 0 Å². The lowest BCUT2D eigenvalue weighted by Gasteiger charge is -2.10. The second kappa shape index (κ2) is 6.61. The fraction of sp³-hybridized carbons (Fsp3) is 0.118. The first-order valence-electron chi connectivity index (χ1n) is 6.38. The second-order valence-corrected chi connectivity index (χ2v) is 4.30. The SMILES string of the molecule is COc1ccc(C=CC(=O)c2ccccc2)c(OC)c1O. The third-order valence-corrected chi connectivity index (χ3v) is 3.02. The fourth-order valence-corrected chi connectivity index (χ4v) is 1.94. The quantitative estimate of drug-likeness (QED) is 0.676. The van der Waals surface area contributed by atoms with Crippen LogP contribution in [0.2, 0.25) is 0 Å². The molecule has 0 aliphatic rings. The van der Waals surface area contributed by atoms with Gasteiger partial charge in [0.05, 0.1) is 14.2 Å². The van der Waals surface area contributed by atoms with Gasteiger partial charge in [0.1, 0.15) is 0 Å². The summed E-state index contributed by atoms with van der Waals surface area (Å²) in [4.78, 5) is 12.0. The number of hydrogen-bond donors (Lipinski definition) is 1. The highest BCUT2D eigenvalue weighted by Gasteiger charge is 2.12. The molecular weight excluding hydrogens is 268 g/mol. The minimum Gasteiger partial charge on any atom is -0.502 e. The molecule has 0 spiro atoms. The van der Waals surface area contributed by atoms with Gasteiger partial charge in [-0.3, -0.25) is 4.79 Å². The molecule has 0 amide bonds. The van der Waals surface area contributed by atoms with Crippen LogP contribution in [-0.2, 0) is 0 Å². The molecule has 0 saturated carbocycles.